The molecule has 0 bridgehead atoms. The van der Waals surface area contributed by atoms with Crippen LogP contribution < -0.4 is 16.4 Å². The zero-order valence-corrected chi connectivity index (χ0v) is 33.4. The fraction of sp³-hybridized carbons (Fsp3) is 0.512. The van der Waals surface area contributed by atoms with E-state index in [-0.39, 0.29) is 73.7 Å². The molecule has 1 aliphatic rings. The van der Waals surface area contributed by atoms with Crippen molar-refractivity contribution < 1.29 is 39.0 Å². The predicted molar refractivity (Wildman–Crippen MR) is 214 cm³/mol. The maximum atomic E-state index is 14.3. The molecule has 7 N–H and O–H groups in total. The van der Waals surface area contributed by atoms with Crippen molar-refractivity contribution in [3.63, 3.8) is 0 Å². The van der Waals surface area contributed by atoms with Crippen LogP contribution in [0.1, 0.15) is 76.6 Å². The fourth-order valence-electron chi connectivity index (χ4n) is 7.24. The number of imidazole rings is 1. The Kier molecular flexibility index (Phi) is 16.5. The van der Waals surface area contributed by atoms with E-state index in [0.29, 0.717) is 31.5 Å². The molecular weight excluding hydrogens is 729 g/mol. The summed E-state index contributed by atoms with van der Waals surface area (Å²) in [6, 6.07) is 12.5. The highest BCUT2D eigenvalue weighted by Gasteiger charge is 2.37. The van der Waals surface area contributed by atoms with Gasteiger partial charge in [-0.15, -0.1) is 0 Å². The van der Waals surface area contributed by atoms with E-state index in [1.54, 1.807) is 47.5 Å². The molecule has 14 nitrogen and oxygen atoms in total. The first-order valence-corrected chi connectivity index (χ1v) is 19.9. The number of carboxylic acid groups (broad SMARTS) is 1. The molecule has 7 unspecified atom stereocenters. The number of piperidine rings is 1. The van der Waals surface area contributed by atoms with Gasteiger partial charge in [0.15, 0.2) is 11.6 Å². The minimum Gasteiger partial charge on any atom is -0.508 e. The average Bonchev–Trinajstić information content (AvgIpc) is 3.72. The molecule has 0 saturated carbocycles. The van der Waals surface area contributed by atoms with Crippen LogP contribution in [0, 0.1) is 29.6 Å². The first kappa shape index (κ1) is 44.3. The largest absolute Gasteiger partial charge is 0.508 e. The number of aromatic hydroxyl groups is 1. The molecular formula is C43H58N6O8. The number of H-pyrrole nitrogens is 1. The number of nitrogens with one attached hydrogen (secondary N) is 3. The number of carboxylic acids is 1. The van der Waals surface area contributed by atoms with Crippen molar-refractivity contribution in [1.29, 1.82) is 0 Å². The van der Waals surface area contributed by atoms with Gasteiger partial charge in [-0.05, 0) is 54.4 Å². The fourth-order valence-corrected chi connectivity index (χ4v) is 7.24. The van der Waals surface area contributed by atoms with Crippen molar-refractivity contribution >= 4 is 35.3 Å². The van der Waals surface area contributed by atoms with Crippen molar-refractivity contribution in [2.45, 2.75) is 97.2 Å². The number of rotatable bonds is 21. The topological polar surface area (TPSA) is 225 Å². The van der Waals surface area contributed by atoms with Gasteiger partial charge in [-0.2, -0.15) is 0 Å². The lowest BCUT2D eigenvalue weighted by Gasteiger charge is -2.35. The number of phenolic OH excluding ortho intramolecular Hbond substituents is 1. The normalized spacial score (nSPS) is 17.4. The third-order valence-electron chi connectivity index (χ3n) is 11.0. The molecule has 4 rings (SSSR count). The van der Waals surface area contributed by atoms with Crippen molar-refractivity contribution in [3.05, 3.63) is 83.9 Å². The van der Waals surface area contributed by atoms with Gasteiger partial charge in [0, 0.05) is 56.6 Å². The number of aromatic amines is 1. The van der Waals surface area contributed by atoms with Gasteiger partial charge in [0.2, 0.25) is 17.7 Å². The number of nitrogens with two attached hydrogens (primary N) is 1. The third-order valence-corrected chi connectivity index (χ3v) is 11.0. The Morgan fingerprint density at radius 3 is 2.18 bits per heavy atom. The molecule has 3 aromatic rings. The molecule has 1 fully saturated rings. The van der Waals surface area contributed by atoms with Gasteiger partial charge in [-0.25, -0.2) is 9.78 Å². The van der Waals surface area contributed by atoms with Gasteiger partial charge in [0.05, 0.1) is 30.2 Å². The number of ketones is 2. The van der Waals surface area contributed by atoms with E-state index in [9.17, 15) is 39.0 Å². The average molecular weight is 787 g/mol. The van der Waals surface area contributed by atoms with Gasteiger partial charge >= 0.3 is 5.97 Å². The Morgan fingerprint density at radius 2 is 1.56 bits per heavy atom. The standard InChI is InChI=1S/C43H58N6O8/c1-5-27(4)39(48-41(54)31(21-36(51)38(44)26(2)3)18-29-13-15-34(50)16-14-29)37(52)22-32(20-33-23-45-25-46-33)42(55)49-17-9-12-30(24-49)40(53)47-35(43(56)57)19-28-10-7-6-8-11-28/h6-8,10-11,13-16,23,25-27,30-32,35,38-39,50H,5,9,12,17-22,24,44H2,1-4H3,(H,45,46)(H,47,53)(H,48,54)(H,56,57). The van der Waals surface area contributed by atoms with E-state index in [4.69, 9.17) is 5.73 Å². The molecule has 2 aromatic carbocycles. The quantitative estimate of drug-likeness (QED) is 0.0920. The summed E-state index contributed by atoms with van der Waals surface area (Å²) < 4.78 is 0. The van der Waals surface area contributed by atoms with Crippen molar-refractivity contribution in [1.82, 2.24) is 25.5 Å². The maximum Gasteiger partial charge on any atom is 0.326 e. The van der Waals surface area contributed by atoms with E-state index >= 15 is 0 Å². The summed E-state index contributed by atoms with van der Waals surface area (Å²) in [7, 11) is 0. The first-order chi connectivity index (χ1) is 27.2. The van der Waals surface area contributed by atoms with Crippen LogP contribution in [0.5, 0.6) is 5.75 Å². The lowest BCUT2D eigenvalue weighted by molar-refractivity contribution is -0.145. The second kappa shape index (κ2) is 21.2. The Morgan fingerprint density at radius 1 is 0.895 bits per heavy atom. The molecule has 14 heteroatoms. The van der Waals surface area contributed by atoms with E-state index in [2.05, 4.69) is 20.6 Å². The third kappa shape index (κ3) is 13.1. The summed E-state index contributed by atoms with van der Waals surface area (Å²) in [6.45, 7) is 7.83. The van der Waals surface area contributed by atoms with Gasteiger partial charge in [-0.1, -0.05) is 76.6 Å². The molecule has 1 saturated heterocycles. The van der Waals surface area contributed by atoms with Crippen LogP contribution in [-0.4, -0.2) is 91.6 Å². The lowest BCUT2D eigenvalue weighted by Crippen LogP contribution is -2.52. The second-order valence-corrected chi connectivity index (χ2v) is 15.7. The summed E-state index contributed by atoms with van der Waals surface area (Å²) in [5, 5.41) is 25.3. The monoisotopic (exact) mass is 786 g/mol. The molecule has 308 valence electrons. The Labute approximate surface area is 334 Å². The van der Waals surface area contributed by atoms with E-state index in [1.807, 2.05) is 33.8 Å². The van der Waals surface area contributed by atoms with Crippen LogP contribution in [0.3, 0.4) is 0 Å². The van der Waals surface area contributed by atoms with Crippen LogP contribution in [-0.2, 0) is 48.0 Å². The summed E-state index contributed by atoms with van der Waals surface area (Å²) in [5.74, 6) is -5.79. The smallest absolute Gasteiger partial charge is 0.326 e. The summed E-state index contributed by atoms with van der Waals surface area (Å²) >= 11 is 0. The molecule has 0 radical (unpaired) electrons. The van der Waals surface area contributed by atoms with Crippen LogP contribution >= 0.6 is 0 Å². The molecule has 57 heavy (non-hydrogen) atoms. The van der Waals surface area contributed by atoms with Crippen LogP contribution in [0.4, 0.5) is 0 Å². The molecule has 0 spiro atoms. The number of benzene rings is 2. The number of hydrogen-bond donors (Lipinski definition) is 6. The number of nitrogens with zero attached hydrogens (tertiary/aromatic N) is 2. The highest BCUT2D eigenvalue weighted by atomic mass is 16.4. The molecule has 2 heterocycles. The Bertz CT molecular complexity index is 1800. The number of carbonyl (C=O) groups excluding carboxylic acids is 5. The molecule has 7 atom stereocenters. The van der Waals surface area contributed by atoms with Gasteiger partial charge in [0.1, 0.15) is 11.8 Å². The molecule has 1 aromatic heterocycles. The summed E-state index contributed by atoms with van der Waals surface area (Å²) in [4.78, 5) is 90.0. The number of amides is 3. The van der Waals surface area contributed by atoms with Gasteiger partial charge in [-0.3, -0.25) is 24.0 Å². The minimum absolute atomic E-state index is 0.0625. The first-order valence-electron chi connectivity index (χ1n) is 19.9. The highest BCUT2D eigenvalue weighted by molar-refractivity contribution is 5.95. The lowest BCUT2D eigenvalue weighted by atomic mass is 9.85. The number of phenols is 1. The Hall–Kier alpha value is -5.37. The van der Waals surface area contributed by atoms with E-state index in [0.717, 1.165) is 11.1 Å². The minimum atomic E-state index is -1.16. The number of aromatic nitrogens is 2. The Balaban J connectivity index is 1.51. The number of Topliss-reactive ketones (excluding diaryl/α,β-unsaturated/α-hetero) is 2. The summed E-state index contributed by atoms with van der Waals surface area (Å²) in [6.07, 6.45) is 4.67. The SMILES string of the molecule is CCC(C)C(NC(=O)C(CC(=O)C(N)C(C)C)Cc1ccc(O)cc1)C(=O)CC(Cc1cnc[nH]1)C(=O)N1CCCC(C(=O)NC(Cc2ccccc2)C(=O)O)C1. The van der Waals surface area contributed by atoms with Crippen molar-refractivity contribution in [2.24, 2.45) is 35.3 Å². The van der Waals surface area contributed by atoms with Crippen molar-refractivity contribution in [3.8, 4) is 5.75 Å². The predicted octanol–water partition coefficient (Wildman–Crippen LogP) is 3.62. The highest BCUT2D eigenvalue weighted by Crippen LogP contribution is 2.25. The summed E-state index contributed by atoms with van der Waals surface area (Å²) in [5.41, 5.74) is 8.29. The number of likely N-dealkylation sites (tertiary alicyclic amines) is 1. The van der Waals surface area contributed by atoms with Gasteiger partial charge < -0.3 is 36.5 Å². The zero-order chi connectivity index (χ0) is 41.6. The van der Waals surface area contributed by atoms with E-state index in [1.165, 1.54) is 18.5 Å². The number of carbonyl (C=O) groups is 6. The second-order valence-electron chi connectivity index (χ2n) is 15.7. The number of hydrogen-bond acceptors (Lipinski definition) is 9. The molecule has 1 aliphatic heterocycles. The van der Waals surface area contributed by atoms with Crippen LogP contribution in [0.15, 0.2) is 67.1 Å². The maximum absolute atomic E-state index is 14.3. The van der Waals surface area contributed by atoms with Crippen LogP contribution in [0.2, 0.25) is 0 Å². The number of aliphatic carboxylic acids is 1. The van der Waals surface area contributed by atoms with Crippen LogP contribution in [0.25, 0.3) is 0 Å². The molecule has 0 aliphatic carbocycles. The van der Waals surface area contributed by atoms with Crippen molar-refractivity contribution in [2.75, 3.05) is 13.1 Å². The zero-order valence-electron chi connectivity index (χ0n) is 33.4. The molecule has 3 amide bonds. The van der Waals surface area contributed by atoms with E-state index < -0.39 is 53.7 Å². The van der Waals surface area contributed by atoms with Gasteiger partial charge in [0.25, 0.3) is 0 Å².